The lowest BCUT2D eigenvalue weighted by molar-refractivity contribution is 0.192. The molecule has 17 heavy (non-hydrogen) atoms. The Hall–Kier alpha value is -0.930. The molecule has 2 atom stereocenters. The van der Waals surface area contributed by atoms with Crippen LogP contribution in [0, 0.1) is 11.7 Å². The Balaban J connectivity index is 2.39. The lowest BCUT2D eigenvalue weighted by Gasteiger charge is -2.21. The summed E-state index contributed by atoms with van der Waals surface area (Å²) >= 11 is 0. The smallest absolute Gasteiger partial charge is 0.123 e. The number of hydrogen-bond acceptors (Lipinski definition) is 2. The van der Waals surface area contributed by atoms with Crippen LogP contribution in [0.4, 0.5) is 4.39 Å². The van der Waals surface area contributed by atoms with Gasteiger partial charge in [0, 0.05) is 19.7 Å². The minimum absolute atomic E-state index is 0.158. The third-order valence-electron chi connectivity index (χ3n) is 3.07. The first-order valence-corrected chi connectivity index (χ1v) is 6.10. The molecule has 0 aliphatic heterocycles. The van der Waals surface area contributed by atoms with Gasteiger partial charge >= 0.3 is 0 Å². The molecule has 0 aliphatic carbocycles. The summed E-state index contributed by atoms with van der Waals surface area (Å²) in [5, 5.41) is 3.40. The fourth-order valence-electron chi connectivity index (χ4n) is 1.80. The van der Waals surface area contributed by atoms with E-state index >= 15 is 0 Å². The van der Waals surface area contributed by atoms with E-state index < -0.39 is 0 Å². The SMILES string of the molecule is COCCNC(C)C(C)Cc1cccc(F)c1. The molecule has 1 aromatic rings. The highest BCUT2D eigenvalue weighted by Gasteiger charge is 2.12. The number of nitrogens with one attached hydrogen (secondary N) is 1. The van der Waals surface area contributed by atoms with E-state index in [2.05, 4.69) is 19.2 Å². The molecule has 0 radical (unpaired) electrons. The van der Waals surface area contributed by atoms with E-state index in [4.69, 9.17) is 4.74 Å². The fraction of sp³-hybridized carbons (Fsp3) is 0.571. The van der Waals surface area contributed by atoms with Crippen molar-refractivity contribution < 1.29 is 9.13 Å². The summed E-state index contributed by atoms with van der Waals surface area (Å²) in [4.78, 5) is 0. The van der Waals surface area contributed by atoms with Gasteiger partial charge in [-0.15, -0.1) is 0 Å². The van der Waals surface area contributed by atoms with Crippen LogP contribution in [0.5, 0.6) is 0 Å². The zero-order valence-electron chi connectivity index (χ0n) is 10.9. The van der Waals surface area contributed by atoms with Crippen molar-refractivity contribution in [3.05, 3.63) is 35.6 Å². The normalized spacial score (nSPS) is 14.6. The number of rotatable bonds is 7. The summed E-state index contributed by atoms with van der Waals surface area (Å²) in [6.45, 7) is 5.90. The van der Waals surface area contributed by atoms with E-state index in [1.54, 1.807) is 19.2 Å². The molecule has 0 saturated heterocycles. The molecular weight excluding hydrogens is 217 g/mol. The van der Waals surface area contributed by atoms with Gasteiger partial charge < -0.3 is 10.1 Å². The van der Waals surface area contributed by atoms with Crippen LogP contribution >= 0.6 is 0 Å². The van der Waals surface area contributed by atoms with Gasteiger partial charge in [-0.25, -0.2) is 4.39 Å². The van der Waals surface area contributed by atoms with Crippen molar-refractivity contribution in [2.24, 2.45) is 5.92 Å². The summed E-state index contributed by atoms with van der Waals surface area (Å²) in [5.74, 6) is 0.309. The molecule has 96 valence electrons. The molecule has 1 N–H and O–H groups in total. The number of methoxy groups -OCH3 is 1. The summed E-state index contributed by atoms with van der Waals surface area (Å²) in [6, 6.07) is 7.22. The maximum Gasteiger partial charge on any atom is 0.123 e. The van der Waals surface area contributed by atoms with Crippen LogP contribution in [-0.4, -0.2) is 26.3 Å². The summed E-state index contributed by atoms with van der Waals surface area (Å²) < 4.78 is 18.0. The third-order valence-corrected chi connectivity index (χ3v) is 3.07. The second-order valence-corrected chi connectivity index (χ2v) is 4.55. The number of ether oxygens (including phenoxy) is 1. The molecule has 2 nitrogen and oxygen atoms in total. The van der Waals surface area contributed by atoms with Crippen molar-refractivity contribution in [2.75, 3.05) is 20.3 Å². The Bertz CT molecular complexity index is 330. The first-order chi connectivity index (χ1) is 8.13. The molecule has 0 heterocycles. The molecule has 0 amide bonds. The molecule has 1 aromatic carbocycles. The molecule has 0 saturated carbocycles. The van der Waals surface area contributed by atoms with Gasteiger partial charge in [0.1, 0.15) is 5.82 Å². The van der Waals surface area contributed by atoms with Gasteiger partial charge in [0.15, 0.2) is 0 Å². The summed E-state index contributed by atoms with van der Waals surface area (Å²) in [7, 11) is 1.70. The summed E-state index contributed by atoms with van der Waals surface area (Å²) in [6.07, 6.45) is 0.888. The second kappa shape index (κ2) is 7.41. The first-order valence-electron chi connectivity index (χ1n) is 6.10. The van der Waals surface area contributed by atoms with Crippen LogP contribution in [0.25, 0.3) is 0 Å². The fourth-order valence-corrected chi connectivity index (χ4v) is 1.80. The molecule has 0 bridgehead atoms. The quantitative estimate of drug-likeness (QED) is 0.739. The maximum atomic E-state index is 13.0. The maximum absolute atomic E-state index is 13.0. The van der Waals surface area contributed by atoms with Crippen LogP contribution in [0.1, 0.15) is 19.4 Å². The zero-order valence-corrected chi connectivity index (χ0v) is 10.9. The van der Waals surface area contributed by atoms with Crippen molar-refractivity contribution in [1.29, 1.82) is 0 Å². The Labute approximate surface area is 103 Å². The van der Waals surface area contributed by atoms with Crippen molar-refractivity contribution in [2.45, 2.75) is 26.3 Å². The Kier molecular flexibility index (Phi) is 6.16. The highest BCUT2D eigenvalue weighted by Crippen LogP contribution is 2.13. The van der Waals surface area contributed by atoms with E-state index in [-0.39, 0.29) is 5.82 Å². The average molecular weight is 239 g/mol. The molecular formula is C14H22FNO. The molecule has 3 heteroatoms. The minimum Gasteiger partial charge on any atom is -0.383 e. The summed E-state index contributed by atoms with van der Waals surface area (Å²) in [5.41, 5.74) is 1.05. The van der Waals surface area contributed by atoms with E-state index in [1.165, 1.54) is 6.07 Å². The van der Waals surface area contributed by atoms with Gasteiger partial charge in [-0.05, 0) is 37.0 Å². The standard InChI is InChI=1S/C14H22FNO/c1-11(12(2)16-7-8-17-3)9-13-5-4-6-14(15)10-13/h4-6,10-12,16H,7-9H2,1-3H3. The Morgan fingerprint density at radius 3 is 2.76 bits per heavy atom. The monoisotopic (exact) mass is 239 g/mol. The first kappa shape index (κ1) is 14.1. The van der Waals surface area contributed by atoms with Crippen molar-refractivity contribution in [1.82, 2.24) is 5.32 Å². The van der Waals surface area contributed by atoms with Crippen molar-refractivity contribution >= 4 is 0 Å². The van der Waals surface area contributed by atoms with Crippen LogP contribution in [-0.2, 0) is 11.2 Å². The molecule has 0 aliphatic rings. The predicted molar refractivity (Wildman–Crippen MR) is 68.6 cm³/mol. The number of benzene rings is 1. The highest BCUT2D eigenvalue weighted by atomic mass is 19.1. The topological polar surface area (TPSA) is 21.3 Å². The van der Waals surface area contributed by atoms with Gasteiger partial charge in [-0.1, -0.05) is 19.1 Å². The zero-order chi connectivity index (χ0) is 12.7. The van der Waals surface area contributed by atoms with E-state index in [1.807, 2.05) is 6.07 Å². The van der Waals surface area contributed by atoms with Crippen molar-refractivity contribution in [3.63, 3.8) is 0 Å². The molecule has 0 aromatic heterocycles. The molecule has 2 unspecified atom stereocenters. The predicted octanol–water partition coefficient (Wildman–Crippen LogP) is 2.63. The van der Waals surface area contributed by atoms with Crippen LogP contribution in [0.2, 0.25) is 0 Å². The number of hydrogen-bond donors (Lipinski definition) is 1. The van der Waals surface area contributed by atoms with Crippen LogP contribution < -0.4 is 5.32 Å². The minimum atomic E-state index is -0.158. The molecule has 0 fully saturated rings. The van der Waals surface area contributed by atoms with Gasteiger partial charge in [-0.3, -0.25) is 0 Å². The van der Waals surface area contributed by atoms with E-state index in [9.17, 15) is 4.39 Å². The van der Waals surface area contributed by atoms with Gasteiger partial charge in [0.2, 0.25) is 0 Å². The van der Waals surface area contributed by atoms with Gasteiger partial charge in [0.05, 0.1) is 6.61 Å². The second-order valence-electron chi connectivity index (χ2n) is 4.55. The lowest BCUT2D eigenvalue weighted by atomic mass is 9.95. The third kappa shape index (κ3) is 5.29. The molecule has 1 rings (SSSR count). The largest absolute Gasteiger partial charge is 0.383 e. The Morgan fingerprint density at radius 2 is 2.12 bits per heavy atom. The van der Waals surface area contributed by atoms with E-state index in [0.29, 0.717) is 12.0 Å². The average Bonchev–Trinajstić information content (AvgIpc) is 2.29. The highest BCUT2D eigenvalue weighted by molar-refractivity contribution is 5.17. The van der Waals surface area contributed by atoms with Crippen molar-refractivity contribution in [3.8, 4) is 0 Å². The number of halogens is 1. The van der Waals surface area contributed by atoms with Crippen LogP contribution in [0.3, 0.4) is 0 Å². The van der Waals surface area contributed by atoms with Crippen LogP contribution in [0.15, 0.2) is 24.3 Å². The Morgan fingerprint density at radius 1 is 1.35 bits per heavy atom. The van der Waals surface area contributed by atoms with Gasteiger partial charge in [0.25, 0.3) is 0 Å². The van der Waals surface area contributed by atoms with Gasteiger partial charge in [-0.2, -0.15) is 0 Å². The lowest BCUT2D eigenvalue weighted by Crippen LogP contribution is -2.35. The van der Waals surface area contributed by atoms with E-state index in [0.717, 1.165) is 25.1 Å². The molecule has 0 spiro atoms.